The van der Waals surface area contributed by atoms with Crippen molar-refractivity contribution in [2.45, 2.75) is 20.4 Å². The summed E-state index contributed by atoms with van der Waals surface area (Å²) in [6.07, 6.45) is 3.62. The molecule has 0 amide bonds. The van der Waals surface area contributed by atoms with Crippen LogP contribution in [0, 0.1) is 13.8 Å². The Kier molecular flexibility index (Phi) is 4.65. The first kappa shape index (κ1) is 17.9. The normalized spacial score (nSPS) is 11.0. The van der Waals surface area contributed by atoms with Gasteiger partial charge in [0.1, 0.15) is 12.2 Å². The molecule has 0 N–H and O–H groups in total. The van der Waals surface area contributed by atoms with Crippen LogP contribution in [0.25, 0.3) is 33.9 Å². The highest BCUT2D eigenvalue weighted by Gasteiger charge is 2.13. The number of carbonyl (C=O) groups excluding carboxylic acids is 1. The molecule has 0 saturated carbocycles. The number of fused-ring (bicyclic) bond motifs is 1. The van der Waals surface area contributed by atoms with Gasteiger partial charge in [-0.2, -0.15) is 0 Å². The van der Waals surface area contributed by atoms with Crippen LogP contribution in [0.15, 0.2) is 60.9 Å². The van der Waals surface area contributed by atoms with Crippen LogP contribution in [-0.4, -0.2) is 27.6 Å². The van der Waals surface area contributed by atoms with Gasteiger partial charge in [0.2, 0.25) is 0 Å². The average molecular weight is 371 g/mol. The Labute approximate surface area is 164 Å². The smallest absolute Gasteiger partial charge is 0.325 e. The number of ether oxygens (including phenoxy) is 1. The molecule has 5 nitrogen and oxygen atoms in total. The number of hydrogen-bond acceptors (Lipinski definition) is 4. The third kappa shape index (κ3) is 3.51. The summed E-state index contributed by atoms with van der Waals surface area (Å²) in [5.74, 6) is 0.378. The number of rotatable bonds is 4. The Morgan fingerprint density at radius 2 is 1.57 bits per heavy atom. The summed E-state index contributed by atoms with van der Waals surface area (Å²) in [4.78, 5) is 20.7. The standard InChI is InChI=1S/C23H21N3O2/c1-15-4-5-19(12-16(15)2)17-6-8-18(9-7-17)23-24-20-10-11-26(13-21(20)25-23)14-22(27)28-3/h4-13H,14H2,1-3H3. The van der Waals surface area contributed by atoms with Gasteiger partial charge in [0.25, 0.3) is 0 Å². The topological polar surface area (TPSA) is 57.0 Å². The van der Waals surface area contributed by atoms with Crippen molar-refractivity contribution in [3.63, 3.8) is 0 Å². The molecule has 2 aliphatic rings. The van der Waals surface area contributed by atoms with Crippen molar-refractivity contribution in [2.75, 3.05) is 7.11 Å². The van der Waals surface area contributed by atoms with Crippen molar-refractivity contribution in [3.8, 4) is 33.9 Å². The Balaban J connectivity index is 1.62. The van der Waals surface area contributed by atoms with E-state index in [0.717, 1.165) is 17.0 Å². The minimum absolute atomic E-state index is 0.152. The Hall–Kier alpha value is -3.47. The summed E-state index contributed by atoms with van der Waals surface area (Å²) in [6.45, 7) is 4.40. The molecule has 0 bridgehead atoms. The second-order valence-corrected chi connectivity index (χ2v) is 6.89. The summed E-state index contributed by atoms with van der Waals surface area (Å²) >= 11 is 0. The first-order valence-corrected chi connectivity index (χ1v) is 9.12. The lowest BCUT2D eigenvalue weighted by molar-refractivity contribution is -0.141. The summed E-state index contributed by atoms with van der Waals surface area (Å²) < 4.78 is 6.45. The monoisotopic (exact) mass is 371 g/mol. The number of carbonyl (C=O) groups is 1. The zero-order valence-electron chi connectivity index (χ0n) is 16.1. The van der Waals surface area contributed by atoms with Crippen LogP contribution in [0.4, 0.5) is 0 Å². The molecule has 2 aromatic carbocycles. The third-order valence-corrected chi connectivity index (χ3v) is 4.95. The number of pyridine rings is 1. The number of hydrogen-bond donors (Lipinski definition) is 0. The number of methoxy groups -OCH3 is 1. The van der Waals surface area contributed by atoms with Crippen LogP contribution in [0.1, 0.15) is 11.1 Å². The first-order chi connectivity index (χ1) is 13.5. The van der Waals surface area contributed by atoms with Gasteiger partial charge in [-0.15, -0.1) is 0 Å². The lowest BCUT2D eigenvalue weighted by Gasteiger charge is -2.06. The van der Waals surface area contributed by atoms with E-state index in [4.69, 9.17) is 4.74 Å². The fraction of sp³-hybridized carbons (Fsp3) is 0.174. The molecular weight excluding hydrogens is 350 g/mol. The van der Waals surface area contributed by atoms with Crippen molar-refractivity contribution in [2.24, 2.45) is 0 Å². The molecule has 4 rings (SSSR count). The number of nitrogens with zero attached hydrogens (tertiary/aromatic N) is 3. The fourth-order valence-electron chi connectivity index (χ4n) is 3.13. The summed E-state index contributed by atoms with van der Waals surface area (Å²) in [5.41, 5.74) is 7.46. The van der Waals surface area contributed by atoms with Gasteiger partial charge in [0, 0.05) is 18.0 Å². The lowest BCUT2D eigenvalue weighted by atomic mass is 9.99. The van der Waals surface area contributed by atoms with Crippen molar-refractivity contribution in [3.05, 3.63) is 72.1 Å². The van der Waals surface area contributed by atoms with E-state index in [-0.39, 0.29) is 12.5 Å². The zero-order chi connectivity index (χ0) is 19.7. The van der Waals surface area contributed by atoms with Gasteiger partial charge in [-0.05, 0) is 42.2 Å². The molecule has 28 heavy (non-hydrogen) atoms. The highest BCUT2D eigenvalue weighted by Crippen LogP contribution is 2.28. The SMILES string of the molecule is COC(=O)Cn1ccc2nc(-c3ccc(-c4ccc(C)c(C)c4)cc3)nc-2c1. The van der Waals surface area contributed by atoms with Gasteiger partial charge in [-0.3, -0.25) is 4.79 Å². The van der Waals surface area contributed by atoms with E-state index in [9.17, 15) is 4.79 Å². The molecule has 0 fully saturated rings. The van der Waals surface area contributed by atoms with Crippen molar-refractivity contribution in [1.29, 1.82) is 0 Å². The van der Waals surface area contributed by atoms with E-state index >= 15 is 0 Å². The summed E-state index contributed by atoms with van der Waals surface area (Å²) in [6, 6.07) is 16.6. The van der Waals surface area contributed by atoms with Crippen LogP contribution in [0.3, 0.4) is 0 Å². The van der Waals surface area contributed by atoms with Gasteiger partial charge >= 0.3 is 5.97 Å². The molecule has 0 radical (unpaired) electrons. The highest BCUT2D eigenvalue weighted by molar-refractivity contribution is 5.72. The Morgan fingerprint density at radius 3 is 2.29 bits per heavy atom. The first-order valence-electron chi connectivity index (χ1n) is 9.12. The highest BCUT2D eigenvalue weighted by atomic mass is 16.5. The number of aromatic nitrogens is 3. The molecule has 2 aromatic rings. The van der Waals surface area contributed by atoms with E-state index in [2.05, 4.69) is 54.1 Å². The average Bonchev–Trinajstić information content (AvgIpc) is 3.13. The van der Waals surface area contributed by atoms with Crippen molar-refractivity contribution >= 4 is 5.97 Å². The molecule has 0 saturated heterocycles. The minimum atomic E-state index is -0.300. The molecule has 5 heteroatoms. The zero-order valence-corrected chi connectivity index (χ0v) is 16.1. The number of benzene rings is 2. The maximum absolute atomic E-state index is 11.5. The molecule has 2 aliphatic heterocycles. The lowest BCUT2D eigenvalue weighted by Crippen LogP contribution is -2.11. The molecule has 0 unspecified atom stereocenters. The second-order valence-electron chi connectivity index (χ2n) is 6.89. The van der Waals surface area contributed by atoms with E-state index in [1.54, 1.807) is 10.8 Å². The van der Waals surface area contributed by atoms with E-state index in [1.807, 2.05) is 24.4 Å². The third-order valence-electron chi connectivity index (χ3n) is 4.95. The molecule has 0 spiro atoms. The van der Waals surface area contributed by atoms with E-state index in [0.29, 0.717) is 5.82 Å². The molecule has 140 valence electrons. The largest absolute Gasteiger partial charge is 0.468 e. The maximum Gasteiger partial charge on any atom is 0.325 e. The second kappa shape index (κ2) is 7.27. The van der Waals surface area contributed by atoms with Crippen molar-refractivity contribution < 1.29 is 9.53 Å². The molecule has 2 heterocycles. The van der Waals surface area contributed by atoms with Crippen molar-refractivity contribution in [1.82, 2.24) is 14.5 Å². The van der Waals surface area contributed by atoms with Gasteiger partial charge in [0.05, 0.1) is 12.8 Å². The van der Waals surface area contributed by atoms with Crippen LogP contribution in [-0.2, 0) is 16.1 Å². The quantitative estimate of drug-likeness (QED) is 0.495. The van der Waals surface area contributed by atoms with Gasteiger partial charge in [-0.1, -0.05) is 42.5 Å². The van der Waals surface area contributed by atoms with Crippen LogP contribution < -0.4 is 0 Å². The Bertz CT molecular complexity index is 1110. The summed E-state index contributed by atoms with van der Waals surface area (Å²) in [5, 5.41) is 0. The molecular formula is C23H21N3O2. The van der Waals surface area contributed by atoms with Crippen LogP contribution >= 0.6 is 0 Å². The molecule has 0 aromatic heterocycles. The van der Waals surface area contributed by atoms with Gasteiger partial charge < -0.3 is 9.30 Å². The van der Waals surface area contributed by atoms with Gasteiger partial charge in [-0.25, -0.2) is 9.97 Å². The molecule has 0 aliphatic carbocycles. The predicted molar refractivity (Wildman–Crippen MR) is 109 cm³/mol. The van der Waals surface area contributed by atoms with Crippen LogP contribution in [0.5, 0.6) is 0 Å². The Morgan fingerprint density at radius 1 is 0.893 bits per heavy atom. The minimum Gasteiger partial charge on any atom is -0.468 e. The molecule has 0 atom stereocenters. The summed E-state index contributed by atoms with van der Waals surface area (Å²) in [7, 11) is 1.38. The number of esters is 1. The van der Waals surface area contributed by atoms with E-state index < -0.39 is 0 Å². The number of imidazole rings is 1. The predicted octanol–water partition coefficient (Wildman–Crippen LogP) is 4.51. The van der Waals surface area contributed by atoms with Gasteiger partial charge in [0.15, 0.2) is 5.82 Å². The fourth-order valence-corrected chi connectivity index (χ4v) is 3.13. The maximum atomic E-state index is 11.5. The van der Waals surface area contributed by atoms with E-state index in [1.165, 1.54) is 29.4 Å². The van der Waals surface area contributed by atoms with Crippen LogP contribution in [0.2, 0.25) is 0 Å². The number of aryl methyl sites for hydroxylation is 2.